The molecule has 134 valence electrons. The lowest BCUT2D eigenvalue weighted by Crippen LogP contribution is -2.18. The molecule has 0 saturated carbocycles. The monoisotopic (exact) mass is 365 g/mol. The lowest BCUT2D eigenvalue weighted by atomic mass is 10.2. The summed E-state index contributed by atoms with van der Waals surface area (Å²) in [6, 6.07) is 6.97. The van der Waals surface area contributed by atoms with Gasteiger partial charge in [0.15, 0.2) is 0 Å². The SMILES string of the molecule is Cc1cc(S(=O)(=O)Nc2ccc(NCC3CCCO3)cn2)ccc1F. The minimum atomic E-state index is -3.81. The first-order valence-electron chi connectivity index (χ1n) is 8.04. The molecule has 3 rings (SSSR count). The molecular weight excluding hydrogens is 345 g/mol. The number of aryl methyl sites for hydroxylation is 1. The van der Waals surface area contributed by atoms with Crippen molar-refractivity contribution in [2.24, 2.45) is 0 Å². The van der Waals surface area contributed by atoms with Gasteiger partial charge in [-0.1, -0.05) is 0 Å². The minimum Gasteiger partial charge on any atom is -0.381 e. The molecule has 2 aromatic rings. The number of halogens is 1. The summed E-state index contributed by atoms with van der Waals surface area (Å²) < 4.78 is 45.9. The molecule has 0 spiro atoms. The zero-order chi connectivity index (χ0) is 17.9. The number of anilines is 2. The number of ether oxygens (including phenoxy) is 1. The van der Waals surface area contributed by atoms with E-state index in [0.717, 1.165) is 31.2 Å². The molecule has 1 aliphatic heterocycles. The van der Waals surface area contributed by atoms with E-state index >= 15 is 0 Å². The first kappa shape index (κ1) is 17.6. The Balaban J connectivity index is 1.64. The quantitative estimate of drug-likeness (QED) is 0.823. The van der Waals surface area contributed by atoms with E-state index in [-0.39, 0.29) is 22.4 Å². The number of hydrogen-bond acceptors (Lipinski definition) is 5. The van der Waals surface area contributed by atoms with Crippen LogP contribution in [0.2, 0.25) is 0 Å². The van der Waals surface area contributed by atoms with E-state index in [1.165, 1.54) is 19.1 Å². The molecule has 2 N–H and O–H groups in total. The fourth-order valence-corrected chi connectivity index (χ4v) is 3.67. The second kappa shape index (κ2) is 7.37. The number of nitrogens with one attached hydrogen (secondary N) is 2. The van der Waals surface area contributed by atoms with Gasteiger partial charge in [-0.3, -0.25) is 4.72 Å². The zero-order valence-electron chi connectivity index (χ0n) is 13.8. The highest BCUT2D eigenvalue weighted by Crippen LogP contribution is 2.19. The van der Waals surface area contributed by atoms with Crippen molar-refractivity contribution in [3.05, 3.63) is 47.9 Å². The molecule has 1 saturated heterocycles. The summed E-state index contributed by atoms with van der Waals surface area (Å²) in [6.45, 7) is 3.01. The van der Waals surface area contributed by atoms with Gasteiger partial charge in [0.25, 0.3) is 10.0 Å². The second-order valence-corrected chi connectivity index (χ2v) is 7.65. The van der Waals surface area contributed by atoms with Gasteiger partial charge in [-0.15, -0.1) is 0 Å². The molecule has 2 heterocycles. The van der Waals surface area contributed by atoms with Gasteiger partial charge in [-0.25, -0.2) is 17.8 Å². The molecule has 1 atom stereocenters. The maximum Gasteiger partial charge on any atom is 0.263 e. The van der Waals surface area contributed by atoms with Gasteiger partial charge in [-0.05, 0) is 55.7 Å². The van der Waals surface area contributed by atoms with Crippen LogP contribution in [0.25, 0.3) is 0 Å². The third-order valence-electron chi connectivity index (χ3n) is 4.00. The Morgan fingerprint density at radius 2 is 2.16 bits per heavy atom. The molecule has 0 aliphatic carbocycles. The van der Waals surface area contributed by atoms with E-state index in [1.807, 2.05) is 0 Å². The number of pyridine rings is 1. The largest absolute Gasteiger partial charge is 0.381 e. The molecule has 1 aromatic heterocycles. The topological polar surface area (TPSA) is 80.3 Å². The number of benzene rings is 1. The molecule has 1 fully saturated rings. The lowest BCUT2D eigenvalue weighted by molar-refractivity contribution is 0.120. The summed E-state index contributed by atoms with van der Waals surface area (Å²) in [5.41, 5.74) is 1.06. The Bertz CT molecular complexity index is 835. The van der Waals surface area contributed by atoms with Crippen molar-refractivity contribution in [3.63, 3.8) is 0 Å². The van der Waals surface area contributed by atoms with Gasteiger partial charge in [0, 0.05) is 13.2 Å². The van der Waals surface area contributed by atoms with Gasteiger partial charge in [0.2, 0.25) is 0 Å². The highest BCUT2D eigenvalue weighted by Gasteiger charge is 2.17. The van der Waals surface area contributed by atoms with E-state index < -0.39 is 15.8 Å². The zero-order valence-corrected chi connectivity index (χ0v) is 14.6. The highest BCUT2D eigenvalue weighted by molar-refractivity contribution is 7.92. The molecule has 25 heavy (non-hydrogen) atoms. The Hall–Kier alpha value is -2.19. The molecule has 1 unspecified atom stereocenters. The number of sulfonamides is 1. The van der Waals surface area contributed by atoms with Crippen molar-refractivity contribution in [2.75, 3.05) is 23.2 Å². The van der Waals surface area contributed by atoms with Crippen molar-refractivity contribution in [2.45, 2.75) is 30.8 Å². The van der Waals surface area contributed by atoms with Crippen LogP contribution in [0.5, 0.6) is 0 Å². The summed E-state index contributed by atoms with van der Waals surface area (Å²) in [5, 5.41) is 3.22. The van der Waals surface area contributed by atoms with E-state index in [4.69, 9.17) is 4.74 Å². The predicted molar refractivity (Wildman–Crippen MR) is 93.6 cm³/mol. The predicted octanol–water partition coefficient (Wildman–Crippen LogP) is 2.92. The maximum absolute atomic E-state index is 13.3. The Morgan fingerprint density at radius 1 is 1.32 bits per heavy atom. The minimum absolute atomic E-state index is 0.00576. The first-order chi connectivity index (χ1) is 11.9. The number of rotatable bonds is 6. The van der Waals surface area contributed by atoms with Crippen LogP contribution in [0.1, 0.15) is 18.4 Å². The van der Waals surface area contributed by atoms with E-state index in [0.29, 0.717) is 6.54 Å². The van der Waals surface area contributed by atoms with Crippen LogP contribution < -0.4 is 10.0 Å². The van der Waals surface area contributed by atoms with Gasteiger partial charge < -0.3 is 10.1 Å². The van der Waals surface area contributed by atoms with Crippen LogP contribution >= 0.6 is 0 Å². The molecule has 6 nitrogen and oxygen atoms in total. The van der Waals surface area contributed by atoms with Crippen LogP contribution in [-0.4, -0.2) is 32.7 Å². The summed E-state index contributed by atoms with van der Waals surface area (Å²) in [7, 11) is -3.81. The molecule has 1 aromatic carbocycles. The molecule has 0 amide bonds. The van der Waals surface area contributed by atoms with Crippen LogP contribution in [0.4, 0.5) is 15.9 Å². The van der Waals surface area contributed by atoms with E-state index in [9.17, 15) is 12.8 Å². The summed E-state index contributed by atoms with van der Waals surface area (Å²) in [6.07, 6.45) is 3.88. The number of nitrogens with zero attached hydrogens (tertiary/aromatic N) is 1. The lowest BCUT2D eigenvalue weighted by Gasteiger charge is -2.12. The Kier molecular flexibility index (Phi) is 5.19. The average molecular weight is 365 g/mol. The van der Waals surface area contributed by atoms with Crippen LogP contribution in [0.3, 0.4) is 0 Å². The van der Waals surface area contributed by atoms with Gasteiger partial charge in [0.1, 0.15) is 11.6 Å². The average Bonchev–Trinajstić information content (AvgIpc) is 3.10. The molecule has 0 bridgehead atoms. The fourth-order valence-electron chi connectivity index (χ4n) is 2.58. The van der Waals surface area contributed by atoms with Crippen molar-refractivity contribution in [1.82, 2.24) is 4.98 Å². The number of aromatic nitrogens is 1. The molecular formula is C17H20FN3O3S. The summed E-state index contributed by atoms with van der Waals surface area (Å²) in [4.78, 5) is 4.10. The Labute approximate surface area is 146 Å². The van der Waals surface area contributed by atoms with Gasteiger partial charge >= 0.3 is 0 Å². The summed E-state index contributed by atoms with van der Waals surface area (Å²) >= 11 is 0. The van der Waals surface area contributed by atoms with Crippen molar-refractivity contribution >= 4 is 21.5 Å². The van der Waals surface area contributed by atoms with Crippen LogP contribution in [-0.2, 0) is 14.8 Å². The smallest absolute Gasteiger partial charge is 0.263 e. The standard InChI is InChI=1S/C17H20FN3O3S/c1-12-9-15(5-6-16(12)18)25(22,23)21-17-7-4-13(10-20-17)19-11-14-3-2-8-24-14/h4-7,9-10,14,19H,2-3,8,11H2,1H3,(H,20,21). The highest BCUT2D eigenvalue weighted by atomic mass is 32.2. The van der Waals surface area contributed by atoms with Crippen LogP contribution in [0, 0.1) is 12.7 Å². The fraction of sp³-hybridized carbons (Fsp3) is 0.353. The van der Waals surface area contributed by atoms with Crippen molar-refractivity contribution in [1.29, 1.82) is 0 Å². The molecule has 1 aliphatic rings. The van der Waals surface area contributed by atoms with Crippen molar-refractivity contribution in [3.8, 4) is 0 Å². The van der Waals surface area contributed by atoms with E-state index in [1.54, 1.807) is 18.3 Å². The summed E-state index contributed by atoms with van der Waals surface area (Å²) in [5.74, 6) is -0.247. The van der Waals surface area contributed by atoms with Crippen molar-refractivity contribution < 1.29 is 17.5 Å². The third kappa shape index (κ3) is 4.46. The second-order valence-electron chi connectivity index (χ2n) is 5.96. The van der Waals surface area contributed by atoms with Gasteiger partial charge in [-0.2, -0.15) is 0 Å². The Morgan fingerprint density at radius 3 is 2.80 bits per heavy atom. The molecule has 8 heteroatoms. The normalized spacial score (nSPS) is 17.4. The molecule has 0 radical (unpaired) electrons. The maximum atomic E-state index is 13.3. The van der Waals surface area contributed by atoms with E-state index in [2.05, 4.69) is 15.0 Å². The third-order valence-corrected chi connectivity index (χ3v) is 5.35. The first-order valence-corrected chi connectivity index (χ1v) is 9.53. The van der Waals surface area contributed by atoms with Crippen LogP contribution in [0.15, 0.2) is 41.4 Å². The number of hydrogen-bond donors (Lipinski definition) is 2. The van der Waals surface area contributed by atoms with Gasteiger partial charge in [0.05, 0.1) is 22.9 Å².